The molecule has 1 aliphatic carbocycles. The van der Waals surface area contributed by atoms with Gasteiger partial charge in [0, 0.05) is 6.04 Å². The third kappa shape index (κ3) is 2.46. The van der Waals surface area contributed by atoms with E-state index in [0.29, 0.717) is 11.2 Å². The van der Waals surface area contributed by atoms with Crippen LogP contribution in [0.25, 0.3) is 0 Å². The summed E-state index contributed by atoms with van der Waals surface area (Å²) in [5.74, 6) is 0.756. The minimum Gasteiger partial charge on any atom is -0.366 e. The van der Waals surface area contributed by atoms with Gasteiger partial charge in [-0.25, -0.2) is 4.98 Å². The molecule has 92 valence electrons. The number of halogens is 1. The molecule has 0 spiro atoms. The summed E-state index contributed by atoms with van der Waals surface area (Å²) >= 11 is 5.83. The Hall–Kier alpha value is -1.61. The largest absolute Gasteiger partial charge is 0.366 e. The fourth-order valence-corrected chi connectivity index (χ4v) is 2.59. The standard InChI is InChI=1S/C14H14ClN3/c15-13-8-16-9-14(18-13)17-12-6-5-10-3-1-2-4-11(10)7-12/h1-4,8-9,12H,5-7H2,(H,17,18). The lowest BCUT2D eigenvalue weighted by atomic mass is 9.88. The Morgan fingerprint density at radius 1 is 1.17 bits per heavy atom. The van der Waals surface area contributed by atoms with Gasteiger partial charge in [-0.3, -0.25) is 4.98 Å². The Morgan fingerprint density at radius 2 is 2.00 bits per heavy atom. The Morgan fingerprint density at radius 3 is 2.83 bits per heavy atom. The van der Waals surface area contributed by atoms with Gasteiger partial charge >= 0.3 is 0 Å². The van der Waals surface area contributed by atoms with Gasteiger partial charge in [0.1, 0.15) is 11.0 Å². The van der Waals surface area contributed by atoms with Crippen LogP contribution in [0.5, 0.6) is 0 Å². The highest BCUT2D eigenvalue weighted by Gasteiger charge is 2.18. The second-order valence-corrected chi connectivity index (χ2v) is 4.97. The van der Waals surface area contributed by atoms with E-state index in [4.69, 9.17) is 11.6 Å². The molecule has 3 rings (SSSR count). The summed E-state index contributed by atoms with van der Waals surface area (Å²) in [6, 6.07) is 9.03. The van der Waals surface area contributed by atoms with Crippen LogP contribution in [0.15, 0.2) is 36.7 Å². The molecule has 0 saturated carbocycles. The van der Waals surface area contributed by atoms with Crippen LogP contribution in [0, 0.1) is 0 Å². The Balaban J connectivity index is 1.73. The first-order valence-electron chi connectivity index (χ1n) is 6.12. The minimum absolute atomic E-state index is 0.410. The number of nitrogens with zero attached hydrogens (tertiary/aromatic N) is 2. The number of fused-ring (bicyclic) bond motifs is 1. The monoisotopic (exact) mass is 259 g/mol. The SMILES string of the molecule is Clc1cncc(NC2CCc3ccccc3C2)n1. The van der Waals surface area contributed by atoms with Crippen molar-refractivity contribution in [2.24, 2.45) is 0 Å². The van der Waals surface area contributed by atoms with Crippen molar-refractivity contribution in [3.63, 3.8) is 0 Å². The summed E-state index contributed by atoms with van der Waals surface area (Å²) in [4.78, 5) is 8.25. The topological polar surface area (TPSA) is 37.8 Å². The van der Waals surface area contributed by atoms with Gasteiger partial charge < -0.3 is 5.32 Å². The summed E-state index contributed by atoms with van der Waals surface area (Å²) in [5, 5.41) is 3.83. The van der Waals surface area contributed by atoms with Gasteiger partial charge in [0.15, 0.2) is 0 Å². The van der Waals surface area contributed by atoms with Crippen LogP contribution in [0.2, 0.25) is 5.15 Å². The van der Waals surface area contributed by atoms with Crippen LogP contribution in [0.1, 0.15) is 17.5 Å². The molecule has 0 amide bonds. The molecule has 18 heavy (non-hydrogen) atoms. The number of nitrogens with one attached hydrogen (secondary N) is 1. The van der Waals surface area contributed by atoms with Crippen LogP contribution in [-0.2, 0) is 12.8 Å². The van der Waals surface area contributed by atoms with Crippen molar-refractivity contribution in [2.45, 2.75) is 25.3 Å². The number of hydrogen-bond acceptors (Lipinski definition) is 3. The van der Waals surface area contributed by atoms with Crippen molar-refractivity contribution in [3.05, 3.63) is 52.9 Å². The molecule has 1 unspecified atom stereocenters. The Bertz CT molecular complexity index is 556. The summed E-state index contributed by atoms with van der Waals surface area (Å²) < 4.78 is 0. The van der Waals surface area contributed by atoms with Crippen LogP contribution >= 0.6 is 11.6 Å². The first-order valence-corrected chi connectivity index (χ1v) is 6.50. The number of rotatable bonds is 2. The number of anilines is 1. The molecule has 0 fully saturated rings. The molecule has 0 saturated heterocycles. The Kier molecular flexibility index (Phi) is 3.15. The molecule has 1 atom stereocenters. The highest BCUT2D eigenvalue weighted by atomic mass is 35.5. The van der Waals surface area contributed by atoms with E-state index >= 15 is 0 Å². The zero-order valence-electron chi connectivity index (χ0n) is 9.94. The first kappa shape index (κ1) is 11.5. The molecular weight excluding hydrogens is 246 g/mol. The predicted molar refractivity (Wildman–Crippen MR) is 72.9 cm³/mol. The van der Waals surface area contributed by atoms with E-state index in [2.05, 4.69) is 39.6 Å². The average Bonchev–Trinajstić information content (AvgIpc) is 2.39. The normalized spacial score (nSPS) is 18.2. The number of hydrogen-bond donors (Lipinski definition) is 1. The van der Waals surface area contributed by atoms with E-state index in [-0.39, 0.29) is 0 Å². The van der Waals surface area contributed by atoms with Gasteiger partial charge in [0.05, 0.1) is 12.4 Å². The molecule has 1 aromatic heterocycles. The summed E-state index contributed by atoms with van der Waals surface area (Å²) in [6.07, 6.45) is 6.52. The summed E-state index contributed by atoms with van der Waals surface area (Å²) in [7, 11) is 0. The van der Waals surface area contributed by atoms with Crippen LogP contribution < -0.4 is 5.32 Å². The maximum Gasteiger partial charge on any atom is 0.149 e. The van der Waals surface area contributed by atoms with Crippen molar-refractivity contribution >= 4 is 17.4 Å². The van der Waals surface area contributed by atoms with E-state index < -0.39 is 0 Å². The van der Waals surface area contributed by atoms with Crippen molar-refractivity contribution in [3.8, 4) is 0 Å². The molecule has 0 bridgehead atoms. The number of benzene rings is 1. The molecule has 3 nitrogen and oxygen atoms in total. The molecular formula is C14H14ClN3. The second-order valence-electron chi connectivity index (χ2n) is 4.58. The molecule has 2 aromatic rings. The zero-order valence-corrected chi connectivity index (χ0v) is 10.7. The molecule has 1 N–H and O–H groups in total. The molecule has 4 heteroatoms. The predicted octanol–water partition coefficient (Wildman–Crippen LogP) is 3.10. The van der Waals surface area contributed by atoms with Crippen LogP contribution in [0.3, 0.4) is 0 Å². The number of aryl methyl sites for hydroxylation is 1. The smallest absolute Gasteiger partial charge is 0.149 e. The van der Waals surface area contributed by atoms with E-state index in [0.717, 1.165) is 25.1 Å². The van der Waals surface area contributed by atoms with E-state index in [1.54, 1.807) is 12.4 Å². The van der Waals surface area contributed by atoms with E-state index in [1.807, 2.05) is 0 Å². The molecule has 0 aliphatic heterocycles. The quantitative estimate of drug-likeness (QED) is 0.901. The van der Waals surface area contributed by atoms with Gasteiger partial charge in [0.2, 0.25) is 0 Å². The van der Waals surface area contributed by atoms with Crippen molar-refractivity contribution in [2.75, 3.05) is 5.32 Å². The van der Waals surface area contributed by atoms with E-state index in [9.17, 15) is 0 Å². The van der Waals surface area contributed by atoms with Crippen molar-refractivity contribution < 1.29 is 0 Å². The third-order valence-corrected chi connectivity index (χ3v) is 3.49. The maximum atomic E-state index is 5.83. The maximum absolute atomic E-state index is 5.83. The Labute approximate surface area is 111 Å². The van der Waals surface area contributed by atoms with E-state index in [1.165, 1.54) is 11.1 Å². The third-order valence-electron chi connectivity index (χ3n) is 3.30. The molecule has 1 heterocycles. The number of aromatic nitrogens is 2. The van der Waals surface area contributed by atoms with Gasteiger partial charge in [-0.05, 0) is 30.4 Å². The zero-order chi connectivity index (χ0) is 12.4. The summed E-state index contributed by atoms with van der Waals surface area (Å²) in [6.45, 7) is 0. The lowest BCUT2D eigenvalue weighted by Crippen LogP contribution is -2.27. The van der Waals surface area contributed by atoms with Crippen LogP contribution in [-0.4, -0.2) is 16.0 Å². The highest BCUT2D eigenvalue weighted by molar-refractivity contribution is 6.29. The minimum atomic E-state index is 0.410. The second kappa shape index (κ2) is 4.94. The van der Waals surface area contributed by atoms with Gasteiger partial charge in [-0.15, -0.1) is 0 Å². The average molecular weight is 260 g/mol. The van der Waals surface area contributed by atoms with Gasteiger partial charge in [0.25, 0.3) is 0 Å². The molecule has 0 radical (unpaired) electrons. The summed E-state index contributed by atoms with van der Waals surface area (Å²) in [5.41, 5.74) is 2.89. The fourth-order valence-electron chi connectivity index (χ4n) is 2.44. The molecule has 1 aromatic carbocycles. The molecule has 1 aliphatic rings. The van der Waals surface area contributed by atoms with Gasteiger partial charge in [-0.2, -0.15) is 0 Å². The van der Waals surface area contributed by atoms with Crippen molar-refractivity contribution in [1.82, 2.24) is 9.97 Å². The van der Waals surface area contributed by atoms with Crippen LogP contribution in [0.4, 0.5) is 5.82 Å². The lowest BCUT2D eigenvalue weighted by molar-refractivity contribution is 0.608. The highest BCUT2D eigenvalue weighted by Crippen LogP contribution is 2.23. The first-order chi connectivity index (χ1) is 8.81. The van der Waals surface area contributed by atoms with Gasteiger partial charge in [-0.1, -0.05) is 35.9 Å². The van der Waals surface area contributed by atoms with Crippen molar-refractivity contribution in [1.29, 1.82) is 0 Å². The lowest BCUT2D eigenvalue weighted by Gasteiger charge is -2.25. The fraction of sp³-hybridized carbons (Fsp3) is 0.286.